The van der Waals surface area contributed by atoms with Gasteiger partial charge in [-0.3, -0.25) is 4.79 Å². The number of nitrogens with one attached hydrogen (secondary N) is 1. The lowest BCUT2D eigenvalue weighted by Gasteiger charge is -2.27. The molecule has 2 aliphatic rings. The van der Waals surface area contributed by atoms with E-state index in [2.05, 4.69) is 22.4 Å². The molecule has 2 aliphatic carbocycles. The Morgan fingerprint density at radius 1 is 1.13 bits per heavy atom. The SMILES string of the molecule is NC(=O)c1ccc(Oc2ccc3c(c2)CCC3NCC2CCCCCCC2O)nc1. The largest absolute Gasteiger partial charge is 0.439 e. The predicted molar refractivity (Wildman–Crippen MR) is 116 cm³/mol. The molecule has 3 unspecified atom stereocenters. The van der Waals surface area contributed by atoms with Crippen molar-refractivity contribution in [3.63, 3.8) is 0 Å². The summed E-state index contributed by atoms with van der Waals surface area (Å²) in [5.41, 5.74) is 8.21. The van der Waals surface area contributed by atoms with Crippen LogP contribution >= 0.6 is 0 Å². The maximum absolute atomic E-state index is 11.2. The van der Waals surface area contributed by atoms with Crippen molar-refractivity contribution in [1.29, 1.82) is 0 Å². The quantitative estimate of drug-likeness (QED) is 0.673. The van der Waals surface area contributed by atoms with Gasteiger partial charge in [-0.05, 0) is 60.9 Å². The third-order valence-electron chi connectivity index (χ3n) is 6.43. The van der Waals surface area contributed by atoms with Gasteiger partial charge in [-0.1, -0.05) is 31.7 Å². The Morgan fingerprint density at radius 2 is 1.97 bits per heavy atom. The van der Waals surface area contributed by atoms with Crippen LogP contribution in [-0.2, 0) is 6.42 Å². The molecular formula is C24H31N3O3. The smallest absolute Gasteiger partial charge is 0.250 e. The van der Waals surface area contributed by atoms with Crippen molar-refractivity contribution < 1.29 is 14.6 Å². The minimum absolute atomic E-state index is 0.178. The number of nitrogens with zero attached hydrogens (tertiary/aromatic N) is 1. The van der Waals surface area contributed by atoms with Crippen LogP contribution < -0.4 is 15.8 Å². The molecule has 3 atom stereocenters. The maximum atomic E-state index is 11.2. The zero-order valence-electron chi connectivity index (χ0n) is 17.3. The summed E-state index contributed by atoms with van der Waals surface area (Å²) in [5, 5.41) is 14.2. The maximum Gasteiger partial charge on any atom is 0.250 e. The van der Waals surface area contributed by atoms with Gasteiger partial charge in [-0.15, -0.1) is 0 Å². The van der Waals surface area contributed by atoms with E-state index in [4.69, 9.17) is 10.5 Å². The van der Waals surface area contributed by atoms with E-state index in [1.165, 1.54) is 36.6 Å². The van der Waals surface area contributed by atoms with Crippen LogP contribution in [-0.4, -0.2) is 28.6 Å². The molecule has 6 nitrogen and oxygen atoms in total. The van der Waals surface area contributed by atoms with Crippen molar-refractivity contribution >= 4 is 5.91 Å². The normalized spacial score (nSPS) is 24.0. The summed E-state index contributed by atoms with van der Waals surface area (Å²) in [6.07, 6.45) is 10.3. The number of aliphatic hydroxyl groups excluding tert-OH is 1. The summed E-state index contributed by atoms with van der Waals surface area (Å²) in [6, 6.07) is 9.76. The molecule has 30 heavy (non-hydrogen) atoms. The number of rotatable bonds is 6. The van der Waals surface area contributed by atoms with Crippen LogP contribution in [0.3, 0.4) is 0 Å². The summed E-state index contributed by atoms with van der Waals surface area (Å²) in [6.45, 7) is 0.875. The number of hydrogen-bond donors (Lipinski definition) is 3. The molecular weight excluding hydrogens is 378 g/mol. The van der Waals surface area contributed by atoms with Gasteiger partial charge in [-0.2, -0.15) is 0 Å². The number of benzene rings is 1. The molecule has 6 heteroatoms. The molecule has 4 N–H and O–H groups in total. The summed E-state index contributed by atoms with van der Waals surface area (Å²) >= 11 is 0. The number of carbonyl (C=O) groups is 1. The van der Waals surface area contributed by atoms with E-state index in [9.17, 15) is 9.90 Å². The lowest BCUT2D eigenvalue weighted by atomic mass is 9.88. The molecule has 1 aromatic heterocycles. The first-order valence-electron chi connectivity index (χ1n) is 11.1. The van der Waals surface area contributed by atoms with E-state index in [0.29, 0.717) is 23.4 Å². The first kappa shape index (κ1) is 20.8. The third kappa shape index (κ3) is 4.99. The molecule has 160 valence electrons. The minimum atomic E-state index is -0.503. The fraction of sp³-hybridized carbons (Fsp3) is 0.500. The van der Waals surface area contributed by atoms with Gasteiger partial charge in [0.25, 0.3) is 0 Å². The standard InChI is InChI=1S/C24H31N3O3/c25-24(29)18-8-12-23(27-15-18)30-19-9-10-20-16(13-19)7-11-21(20)26-14-17-5-3-1-2-4-6-22(17)28/h8-10,12-13,15,17,21-22,26,28H,1-7,11,14H2,(H2,25,29). The highest BCUT2D eigenvalue weighted by atomic mass is 16.5. The monoisotopic (exact) mass is 409 g/mol. The fourth-order valence-corrected chi connectivity index (χ4v) is 4.65. The Kier molecular flexibility index (Phi) is 6.65. The molecule has 0 saturated heterocycles. The Balaban J connectivity index is 1.36. The number of carbonyl (C=O) groups excluding carboxylic acids is 1. The molecule has 1 amide bonds. The Labute approximate surface area is 177 Å². The summed E-state index contributed by atoms with van der Waals surface area (Å²) in [4.78, 5) is 15.3. The van der Waals surface area contributed by atoms with Crippen LogP contribution in [0.15, 0.2) is 36.5 Å². The highest BCUT2D eigenvalue weighted by molar-refractivity contribution is 5.92. The van der Waals surface area contributed by atoms with E-state index < -0.39 is 5.91 Å². The van der Waals surface area contributed by atoms with Crippen molar-refractivity contribution in [2.75, 3.05) is 6.54 Å². The average Bonchev–Trinajstić information content (AvgIpc) is 3.13. The van der Waals surface area contributed by atoms with E-state index >= 15 is 0 Å². The molecule has 2 aromatic rings. The second-order valence-electron chi connectivity index (χ2n) is 8.53. The number of hydrogen-bond acceptors (Lipinski definition) is 5. The van der Waals surface area contributed by atoms with Crippen LogP contribution in [0.1, 0.15) is 72.5 Å². The first-order valence-corrected chi connectivity index (χ1v) is 11.1. The molecule has 0 spiro atoms. The highest BCUT2D eigenvalue weighted by Gasteiger charge is 2.26. The van der Waals surface area contributed by atoms with E-state index in [-0.39, 0.29) is 6.10 Å². The number of fused-ring (bicyclic) bond motifs is 1. The second kappa shape index (κ2) is 9.58. The number of nitrogens with two attached hydrogens (primary N) is 1. The number of aliphatic hydroxyl groups is 1. The van der Waals surface area contributed by atoms with Crippen molar-refractivity contribution in [1.82, 2.24) is 10.3 Å². The van der Waals surface area contributed by atoms with E-state index in [1.54, 1.807) is 12.1 Å². The summed E-state index contributed by atoms with van der Waals surface area (Å²) < 4.78 is 5.85. The molecule has 1 fully saturated rings. The molecule has 0 bridgehead atoms. The van der Waals surface area contributed by atoms with Crippen molar-refractivity contribution in [3.05, 3.63) is 53.2 Å². The molecule has 1 saturated carbocycles. The van der Waals surface area contributed by atoms with Crippen LogP contribution in [0, 0.1) is 5.92 Å². The van der Waals surface area contributed by atoms with E-state index in [0.717, 1.165) is 44.4 Å². The zero-order valence-corrected chi connectivity index (χ0v) is 17.3. The summed E-state index contributed by atoms with van der Waals surface area (Å²) in [5.74, 6) is 1.03. The van der Waals surface area contributed by atoms with Crippen LogP contribution in [0.5, 0.6) is 11.6 Å². The van der Waals surface area contributed by atoms with Crippen molar-refractivity contribution in [2.24, 2.45) is 11.7 Å². The second-order valence-corrected chi connectivity index (χ2v) is 8.53. The molecule has 1 heterocycles. The number of ether oxygens (including phenoxy) is 1. The van der Waals surface area contributed by atoms with Gasteiger partial charge in [0.2, 0.25) is 11.8 Å². The highest BCUT2D eigenvalue weighted by Crippen LogP contribution is 2.35. The van der Waals surface area contributed by atoms with Gasteiger partial charge in [0.05, 0.1) is 11.7 Å². The van der Waals surface area contributed by atoms with Gasteiger partial charge < -0.3 is 20.9 Å². The van der Waals surface area contributed by atoms with Gasteiger partial charge >= 0.3 is 0 Å². The van der Waals surface area contributed by atoms with Gasteiger partial charge in [0.15, 0.2) is 0 Å². The number of pyridine rings is 1. The molecule has 1 aromatic carbocycles. The zero-order chi connectivity index (χ0) is 20.9. The van der Waals surface area contributed by atoms with Crippen LogP contribution in [0.2, 0.25) is 0 Å². The van der Waals surface area contributed by atoms with Crippen LogP contribution in [0.4, 0.5) is 0 Å². The Hall–Kier alpha value is -2.44. The number of amides is 1. The van der Waals surface area contributed by atoms with Crippen molar-refractivity contribution in [3.8, 4) is 11.6 Å². The topological polar surface area (TPSA) is 97.5 Å². The fourth-order valence-electron chi connectivity index (χ4n) is 4.65. The summed E-state index contributed by atoms with van der Waals surface area (Å²) in [7, 11) is 0. The number of primary amides is 1. The lowest BCUT2D eigenvalue weighted by molar-refractivity contribution is 0.0815. The molecule has 0 radical (unpaired) electrons. The number of aryl methyl sites for hydroxylation is 1. The average molecular weight is 410 g/mol. The first-order chi connectivity index (χ1) is 14.6. The molecule has 0 aliphatic heterocycles. The minimum Gasteiger partial charge on any atom is -0.439 e. The van der Waals surface area contributed by atoms with Crippen LogP contribution in [0.25, 0.3) is 0 Å². The van der Waals surface area contributed by atoms with Gasteiger partial charge in [-0.25, -0.2) is 4.98 Å². The Bertz CT molecular complexity index is 868. The Morgan fingerprint density at radius 3 is 2.73 bits per heavy atom. The third-order valence-corrected chi connectivity index (χ3v) is 6.43. The van der Waals surface area contributed by atoms with E-state index in [1.807, 2.05) is 6.07 Å². The lowest BCUT2D eigenvalue weighted by Crippen LogP contribution is -2.33. The number of aromatic nitrogens is 1. The predicted octanol–water partition coefficient (Wildman–Crippen LogP) is 3.88. The van der Waals surface area contributed by atoms with Gasteiger partial charge in [0, 0.05) is 24.8 Å². The van der Waals surface area contributed by atoms with Crippen molar-refractivity contribution in [2.45, 2.75) is 63.5 Å². The van der Waals surface area contributed by atoms with Gasteiger partial charge in [0.1, 0.15) is 5.75 Å². The molecule has 4 rings (SSSR count).